The summed E-state index contributed by atoms with van der Waals surface area (Å²) in [5, 5.41) is 1.08. The minimum atomic E-state index is 0.662. The van der Waals surface area contributed by atoms with E-state index in [9.17, 15) is 0 Å². The highest BCUT2D eigenvalue weighted by Gasteiger charge is 2.15. The zero-order valence-electron chi connectivity index (χ0n) is 7.82. The zero-order valence-corrected chi connectivity index (χ0v) is 7.82. The summed E-state index contributed by atoms with van der Waals surface area (Å²) < 4.78 is 2.02. The van der Waals surface area contributed by atoms with Crippen molar-refractivity contribution in [3.05, 3.63) is 18.1 Å². The van der Waals surface area contributed by atoms with Crippen molar-refractivity contribution < 1.29 is 4.84 Å². The van der Waals surface area contributed by atoms with E-state index in [1.165, 1.54) is 5.56 Å². The maximum absolute atomic E-state index is 5.22. The van der Waals surface area contributed by atoms with Gasteiger partial charge >= 0.3 is 0 Å². The highest BCUT2D eigenvalue weighted by molar-refractivity contribution is 5.90. The number of aromatic nitrogens is 3. The normalized spacial score (nSPS) is 15.2. The fourth-order valence-corrected chi connectivity index (χ4v) is 1.85. The first-order chi connectivity index (χ1) is 6.86. The molecule has 0 aliphatic carbocycles. The average Bonchev–Trinajstić information content (AvgIpc) is 2.41. The first kappa shape index (κ1) is 7.75. The smallest absolute Gasteiger partial charge is 0.162 e. The van der Waals surface area contributed by atoms with Gasteiger partial charge in [-0.15, -0.1) is 0 Å². The number of anilines is 1. The van der Waals surface area contributed by atoms with E-state index >= 15 is 0 Å². The molecule has 2 aromatic heterocycles. The second-order valence-electron chi connectivity index (χ2n) is 3.39. The standard InChI is InChI=1S/C9H10N4O/c1-13-4-6-2-3-14-12-8-7(6)9(13)11-5-10-8/h4-5H,2-3H2,1H3,(H,10,11,12). The summed E-state index contributed by atoms with van der Waals surface area (Å²) in [6.45, 7) is 0.662. The Labute approximate surface area is 80.7 Å². The van der Waals surface area contributed by atoms with Crippen LogP contribution in [0.25, 0.3) is 11.0 Å². The molecule has 0 saturated heterocycles. The molecule has 3 rings (SSSR count). The van der Waals surface area contributed by atoms with Gasteiger partial charge in [0.1, 0.15) is 12.0 Å². The number of hydrogen-bond acceptors (Lipinski definition) is 4. The minimum absolute atomic E-state index is 0.662. The second kappa shape index (κ2) is 2.68. The summed E-state index contributed by atoms with van der Waals surface area (Å²) in [5.41, 5.74) is 5.02. The molecule has 0 aromatic carbocycles. The largest absolute Gasteiger partial charge is 0.335 e. The molecule has 3 heterocycles. The maximum Gasteiger partial charge on any atom is 0.162 e. The van der Waals surface area contributed by atoms with Crippen LogP contribution in [-0.2, 0) is 18.3 Å². The maximum atomic E-state index is 5.22. The summed E-state index contributed by atoms with van der Waals surface area (Å²) in [6.07, 6.45) is 4.52. The van der Waals surface area contributed by atoms with Crippen LogP contribution in [0.3, 0.4) is 0 Å². The molecule has 2 aromatic rings. The van der Waals surface area contributed by atoms with E-state index in [1.807, 2.05) is 11.6 Å². The summed E-state index contributed by atoms with van der Waals surface area (Å²) in [6, 6.07) is 0. The molecule has 1 aliphatic heterocycles. The van der Waals surface area contributed by atoms with E-state index in [2.05, 4.69) is 21.6 Å². The number of hydrogen-bond donors (Lipinski definition) is 1. The number of rotatable bonds is 0. The first-order valence-corrected chi connectivity index (χ1v) is 4.53. The molecule has 1 N–H and O–H groups in total. The molecule has 0 fully saturated rings. The molecule has 5 nitrogen and oxygen atoms in total. The molecule has 0 atom stereocenters. The van der Waals surface area contributed by atoms with Gasteiger partial charge in [0.2, 0.25) is 0 Å². The van der Waals surface area contributed by atoms with Gasteiger partial charge in [-0.05, 0) is 5.56 Å². The Hall–Kier alpha value is -1.62. The predicted molar refractivity (Wildman–Crippen MR) is 51.8 cm³/mol. The van der Waals surface area contributed by atoms with Gasteiger partial charge in [0.15, 0.2) is 5.82 Å². The SMILES string of the molecule is Cn1cc2c3c(ncnc31)NOCC2. The molecule has 0 bridgehead atoms. The third-order valence-electron chi connectivity index (χ3n) is 2.47. The topological polar surface area (TPSA) is 52.0 Å². The number of aryl methyl sites for hydroxylation is 1. The van der Waals surface area contributed by atoms with E-state index in [1.54, 1.807) is 6.33 Å². The molecule has 5 heteroatoms. The van der Waals surface area contributed by atoms with Crippen molar-refractivity contribution in [2.75, 3.05) is 12.1 Å². The molecule has 1 aliphatic rings. The molecule has 0 unspecified atom stereocenters. The fraction of sp³-hybridized carbons (Fsp3) is 0.333. The van der Waals surface area contributed by atoms with Gasteiger partial charge in [-0.1, -0.05) is 0 Å². The first-order valence-electron chi connectivity index (χ1n) is 4.53. The lowest BCUT2D eigenvalue weighted by atomic mass is 10.2. The van der Waals surface area contributed by atoms with E-state index in [4.69, 9.17) is 4.84 Å². The van der Waals surface area contributed by atoms with Crippen LogP contribution in [0.5, 0.6) is 0 Å². The van der Waals surface area contributed by atoms with Crippen molar-refractivity contribution >= 4 is 16.9 Å². The van der Waals surface area contributed by atoms with Crippen molar-refractivity contribution in [3.8, 4) is 0 Å². The van der Waals surface area contributed by atoms with Crippen LogP contribution >= 0.6 is 0 Å². The van der Waals surface area contributed by atoms with Gasteiger partial charge in [0.05, 0.1) is 12.0 Å². The lowest BCUT2D eigenvalue weighted by molar-refractivity contribution is 0.199. The van der Waals surface area contributed by atoms with Gasteiger partial charge in [-0.25, -0.2) is 15.4 Å². The molecular weight excluding hydrogens is 180 g/mol. The second-order valence-corrected chi connectivity index (χ2v) is 3.39. The van der Waals surface area contributed by atoms with Gasteiger partial charge in [-0.2, -0.15) is 0 Å². The lowest BCUT2D eigenvalue weighted by Crippen LogP contribution is -2.03. The predicted octanol–water partition coefficient (Wildman–Crippen LogP) is 0.868. The summed E-state index contributed by atoms with van der Waals surface area (Å²) in [4.78, 5) is 13.6. The van der Waals surface area contributed by atoms with Crippen molar-refractivity contribution in [2.45, 2.75) is 6.42 Å². The third-order valence-corrected chi connectivity index (χ3v) is 2.47. The highest BCUT2D eigenvalue weighted by Crippen LogP contribution is 2.27. The Morgan fingerprint density at radius 2 is 2.43 bits per heavy atom. The Morgan fingerprint density at radius 1 is 1.50 bits per heavy atom. The van der Waals surface area contributed by atoms with Crippen LogP contribution in [0.4, 0.5) is 5.82 Å². The van der Waals surface area contributed by atoms with Gasteiger partial charge in [0, 0.05) is 19.7 Å². The highest BCUT2D eigenvalue weighted by atomic mass is 16.6. The van der Waals surface area contributed by atoms with Crippen molar-refractivity contribution in [2.24, 2.45) is 7.05 Å². The van der Waals surface area contributed by atoms with Crippen molar-refractivity contribution in [1.82, 2.24) is 14.5 Å². The van der Waals surface area contributed by atoms with Gasteiger partial charge in [-0.3, -0.25) is 4.84 Å². The van der Waals surface area contributed by atoms with Gasteiger partial charge in [0.25, 0.3) is 0 Å². The molecule has 0 amide bonds. The number of nitrogens with one attached hydrogen (secondary N) is 1. The monoisotopic (exact) mass is 190 g/mol. The Bertz CT molecular complexity index is 491. The van der Waals surface area contributed by atoms with Crippen molar-refractivity contribution in [3.63, 3.8) is 0 Å². The molecule has 0 spiro atoms. The molecule has 72 valence electrons. The molecular formula is C9H10N4O. The van der Waals surface area contributed by atoms with Crippen LogP contribution in [0, 0.1) is 0 Å². The summed E-state index contributed by atoms with van der Waals surface area (Å²) in [7, 11) is 1.99. The molecule has 0 radical (unpaired) electrons. The van der Waals surface area contributed by atoms with Crippen molar-refractivity contribution in [1.29, 1.82) is 0 Å². The molecule has 14 heavy (non-hydrogen) atoms. The zero-order chi connectivity index (χ0) is 9.54. The van der Waals surface area contributed by atoms with Crippen LogP contribution in [0.15, 0.2) is 12.5 Å². The minimum Gasteiger partial charge on any atom is -0.335 e. The summed E-state index contributed by atoms with van der Waals surface area (Å²) in [5.74, 6) is 0.767. The molecule has 0 saturated carbocycles. The number of nitrogens with zero attached hydrogens (tertiary/aromatic N) is 3. The Kier molecular flexibility index (Phi) is 1.49. The quantitative estimate of drug-likeness (QED) is 0.669. The Balaban J connectivity index is 2.42. The average molecular weight is 190 g/mol. The fourth-order valence-electron chi connectivity index (χ4n) is 1.85. The van der Waals surface area contributed by atoms with Gasteiger partial charge < -0.3 is 4.57 Å². The van der Waals surface area contributed by atoms with Crippen LogP contribution in [-0.4, -0.2) is 21.1 Å². The Morgan fingerprint density at radius 3 is 3.36 bits per heavy atom. The third kappa shape index (κ3) is 0.927. The lowest BCUT2D eigenvalue weighted by Gasteiger charge is -2.02. The van der Waals surface area contributed by atoms with E-state index in [0.717, 1.165) is 23.3 Å². The van der Waals surface area contributed by atoms with Crippen LogP contribution in [0.2, 0.25) is 0 Å². The van der Waals surface area contributed by atoms with E-state index < -0.39 is 0 Å². The van der Waals surface area contributed by atoms with E-state index in [-0.39, 0.29) is 0 Å². The summed E-state index contributed by atoms with van der Waals surface area (Å²) >= 11 is 0. The van der Waals surface area contributed by atoms with E-state index in [0.29, 0.717) is 6.61 Å². The van der Waals surface area contributed by atoms with Crippen LogP contribution < -0.4 is 5.48 Å². The van der Waals surface area contributed by atoms with Crippen LogP contribution in [0.1, 0.15) is 5.56 Å².